The molecular weight excluding hydrogens is 340 g/mol. The van der Waals surface area contributed by atoms with Gasteiger partial charge in [-0.1, -0.05) is 12.1 Å². The third-order valence-corrected chi connectivity index (χ3v) is 7.82. The molecule has 0 saturated heterocycles. The summed E-state index contributed by atoms with van der Waals surface area (Å²) in [5.41, 5.74) is 0.963. The summed E-state index contributed by atoms with van der Waals surface area (Å²) in [6.07, 6.45) is 0. The van der Waals surface area contributed by atoms with Crippen LogP contribution in [-0.4, -0.2) is 32.1 Å². The Hall–Kier alpha value is -2.06. The lowest BCUT2D eigenvalue weighted by Gasteiger charge is -2.09. The fourth-order valence-corrected chi connectivity index (χ4v) is 5.76. The van der Waals surface area contributed by atoms with Gasteiger partial charge in [-0.3, -0.25) is 0 Å². The summed E-state index contributed by atoms with van der Waals surface area (Å²) >= 11 is 0. The van der Waals surface area contributed by atoms with E-state index in [1.807, 2.05) is 0 Å². The van der Waals surface area contributed by atoms with Crippen LogP contribution >= 0.6 is 0 Å². The Labute approximate surface area is 134 Å². The Morgan fingerprint density at radius 2 is 1.09 bits per heavy atom. The Morgan fingerprint density at radius 3 is 1.39 bits per heavy atom. The van der Waals surface area contributed by atoms with Gasteiger partial charge in [0.1, 0.15) is 11.5 Å². The molecule has 0 atom stereocenters. The van der Waals surface area contributed by atoms with E-state index in [0.717, 1.165) is 12.1 Å². The third kappa shape index (κ3) is 3.65. The topological polar surface area (TPSA) is 109 Å². The zero-order valence-electron chi connectivity index (χ0n) is 12.5. The van der Waals surface area contributed by atoms with Crippen molar-refractivity contribution in [3.8, 4) is 11.5 Å². The van der Waals surface area contributed by atoms with Gasteiger partial charge in [-0.15, -0.1) is 0 Å². The smallest absolute Gasteiger partial charge is 0.193 e. The number of hydrogen-bond donors (Lipinski definition) is 2. The molecule has 0 aliphatic carbocycles. The first-order valence-corrected chi connectivity index (χ1v) is 9.88. The minimum absolute atomic E-state index is 0.226. The van der Waals surface area contributed by atoms with Crippen LogP contribution in [0.1, 0.15) is 11.1 Å². The molecule has 124 valence electrons. The van der Waals surface area contributed by atoms with E-state index in [9.17, 15) is 27.0 Å². The van der Waals surface area contributed by atoms with Gasteiger partial charge < -0.3 is 10.2 Å². The molecule has 0 radical (unpaired) electrons. The average molecular weight is 356 g/mol. The maximum Gasteiger partial charge on any atom is 0.193 e. The lowest BCUT2D eigenvalue weighted by molar-refractivity contribution is 0.468. The molecule has 0 spiro atoms. The highest BCUT2D eigenvalue weighted by Gasteiger charge is 2.27. The van der Waals surface area contributed by atoms with Crippen LogP contribution in [0.15, 0.2) is 46.2 Å². The molecule has 0 amide bonds. The second-order valence-electron chi connectivity index (χ2n) is 5.24. The average Bonchev–Trinajstić information content (AvgIpc) is 2.43. The lowest BCUT2D eigenvalue weighted by Crippen LogP contribution is -2.17. The Balaban J connectivity index is 2.42. The maximum atomic E-state index is 12.3. The van der Waals surface area contributed by atoms with E-state index >= 15 is 0 Å². The summed E-state index contributed by atoms with van der Waals surface area (Å²) in [5, 5.41) is 18.0. The summed E-state index contributed by atoms with van der Waals surface area (Å²) < 4.78 is 49.1. The molecule has 2 rings (SSSR count). The van der Waals surface area contributed by atoms with Crippen LogP contribution in [0.3, 0.4) is 0 Å². The van der Waals surface area contributed by atoms with Gasteiger partial charge in [0.25, 0.3) is 0 Å². The summed E-state index contributed by atoms with van der Waals surface area (Å²) in [5.74, 6) is -0.451. The number of benzene rings is 2. The van der Waals surface area contributed by atoms with Gasteiger partial charge in [0.2, 0.25) is 0 Å². The van der Waals surface area contributed by atoms with Crippen molar-refractivity contribution in [3.05, 3.63) is 47.5 Å². The summed E-state index contributed by atoms with van der Waals surface area (Å²) in [4.78, 5) is -0.555. The van der Waals surface area contributed by atoms with Gasteiger partial charge >= 0.3 is 0 Å². The van der Waals surface area contributed by atoms with Gasteiger partial charge in [0, 0.05) is 0 Å². The van der Waals surface area contributed by atoms with Crippen LogP contribution in [0.4, 0.5) is 0 Å². The Bertz CT molecular complexity index is 880. The van der Waals surface area contributed by atoms with Crippen molar-refractivity contribution < 1.29 is 27.0 Å². The fraction of sp³-hybridized carbons (Fsp3) is 0.200. The van der Waals surface area contributed by atoms with Crippen molar-refractivity contribution in [1.82, 2.24) is 0 Å². The molecule has 2 aromatic rings. The van der Waals surface area contributed by atoms with Crippen LogP contribution < -0.4 is 0 Å². The molecule has 6 nitrogen and oxygen atoms in total. The molecule has 0 aliphatic heterocycles. The zero-order chi connectivity index (χ0) is 17.4. The van der Waals surface area contributed by atoms with E-state index in [1.54, 1.807) is 13.8 Å². The first-order valence-electron chi connectivity index (χ1n) is 6.58. The molecule has 0 fully saturated rings. The summed E-state index contributed by atoms with van der Waals surface area (Å²) in [6, 6.07) is 7.32. The Morgan fingerprint density at radius 1 is 0.739 bits per heavy atom. The summed E-state index contributed by atoms with van der Waals surface area (Å²) in [6.45, 7) is 3.19. The molecule has 0 aromatic heterocycles. The van der Waals surface area contributed by atoms with Crippen molar-refractivity contribution in [2.24, 2.45) is 0 Å². The van der Waals surface area contributed by atoms with Gasteiger partial charge in [-0.05, 0) is 49.2 Å². The monoisotopic (exact) mass is 356 g/mol. The number of hydrogen-bond acceptors (Lipinski definition) is 6. The number of aryl methyl sites for hydroxylation is 2. The van der Waals surface area contributed by atoms with E-state index in [1.165, 1.54) is 24.3 Å². The van der Waals surface area contributed by atoms with Crippen LogP contribution in [-0.2, 0) is 19.7 Å². The second-order valence-corrected chi connectivity index (χ2v) is 9.59. The van der Waals surface area contributed by atoms with Crippen molar-refractivity contribution in [2.75, 3.05) is 5.08 Å². The predicted octanol–water partition coefficient (Wildman–Crippen LogP) is 1.92. The van der Waals surface area contributed by atoms with E-state index in [0.29, 0.717) is 11.1 Å². The molecule has 23 heavy (non-hydrogen) atoms. The van der Waals surface area contributed by atoms with Crippen molar-refractivity contribution in [2.45, 2.75) is 23.6 Å². The largest absolute Gasteiger partial charge is 0.508 e. The predicted molar refractivity (Wildman–Crippen MR) is 84.9 cm³/mol. The number of aromatic hydroxyl groups is 2. The summed E-state index contributed by atoms with van der Waals surface area (Å²) in [7, 11) is -8.32. The molecule has 0 heterocycles. The van der Waals surface area contributed by atoms with E-state index < -0.39 is 24.8 Å². The molecule has 8 heteroatoms. The first-order chi connectivity index (χ1) is 10.5. The number of phenols is 2. The van der Waals surface area contributed by atoms with Crippen LogP contribution in [0.5, 0.6) is 11.5 Å². The molecule has 0 saturated carbocycles. The van der Waals surface area contributed by atoms with E-state index in [4.69, 9.17) is 0 Å². The van der Waals surface area contributed by atoms with Gasteiger partial charge in [-0.2, -0.15) is 0 Å². The van der Waals surface area contributed by atoms with Gasteiger partial charge in [0.05, 0.1) is 9.79 Å². The fourth-order valence-electron chi connectivity index (χ4n) is 1.91. The van der Waals surface area contributed by atoms with E-state index in [-0.39, 0.29) is 21.3 Å². The minimum Gasteiger partial charge on any atom is -0.508 e. The third-order valence-electron chi connectivity index (χ3n) is 3.39. The SMILES string of the molecule is Cc1ccc(S(=O)(=O)CS(=O)(=O)c2ccc(C)c(O)c2)cc1O. The van der Waals surface area contributed by atoms with Crippen molar-refractivity contribution >= 4 is 19.7 Å². The number of phenolic OH excluding ortho intramolecular Hbond substituents is 2. The molecule has 0 unspecified atom stereocenters. The molecule has 0 bridgehead atoms. The molecule has 0 aliphatic rings. The maximum absolute atomic E-state index is 12.3. The van der Waals surface area contributed by atoms with E-state index in [2.05, 4.69) is 0 Å². The van der Waals surface area contributed by atoms with Crippen LogP contribution in [0, 0.1) is 13.8 Å². The number of rotatable bonds is 4. The number of sulfone groups is 2. The van der Waals surface area contributed by atoms with Gasteiger partial charge in [-0.25, -0.2) is 16.8 Å². The highest BCUT2D eigenvalue weighted by atomic mass is 32.3. The van der Waals surface area contributed by atoms with Crippen molar-refractivity contribution in [3.63, 3.8) is 0 Å². The van der Waals surface area contributed by atoms with Crippen LogP contribution in [0.2, 0.25) is 0 Å². The zero-order valence-corrected chi connectivity index (χ0v) is 14.1. The first kappa shape index (κ1) is 17.3. The lowest BCUT2D eigenvalue weighted by atomic mass is 10.2. The van der Waals surface area contributed by atoms with Crippen molar-refractivity contribution in [1.29, 1.82) is 0 Å². The standard InChI is InChI=1S/C15H16O6S2/c1-10-3-5-12(7-14(10)16)22(18,19)9-23(20,21)13-6-4-11(2)15(17)8-13/h3-8,16-17H,9H2,1-2H3. The molecular formula is C15H16O6S2. The van der Waals surface area contributed by atoms with Crippen LogP contribution in [0.25, 0.3) is 0 Å². The van der Waals surface area contributed by atoms with Gasteiger partial charge in [0.15, 0.2) is 24.8 Å². The highest BCUT2D eigenvalue weighted by molar-refractivity contribution is 8.08. The molecule has 2 N–H and O–H groups in total. The normalized spacial score (nSPS) is 12.3. The second kappa shape index (κ2) is 5.86. The molecule has 2 aromatic carbocycles. The highest BCUT2D eigenvalue weighted by Crippen LogP contribution is 2.26. The quantitative estimate of drug-likeness (QED) is 0.866. The minimum atomic E-state index is -4.16. The Kier molecular flexibility index (Phi) is 4.41.